The summed E-state index contributed by atoms with van der Waals surface area (Å²) in [4.78, 5) is 35.6. The normalized spacial score (nSPS) is 13.2. The van der Waals surface area contributed by atoms with Gasteiger partial charge >= 0.3 is 0 Å². The summed E-state index contributed by atoms with van der Waals surface area (Å²) in [7, 11) is 0. The van der Waals surface area contributed by atoms with Gasteiger partial charge in [-0.2, -0.15) is 0 Å². The number of phenols is 1. The Bertz CT molecular complexity index is 899. The molecule has 2 heterocycles. The summed E-state index contributed by atoms with van der Waals surface area (Å²) in [6, 6.07) is 2.87. The minimum atomic E-state index is -0.733. The first kappa shape index (κ1) is 14.5. The third-order valence-electron chi connectivity index (χ3n) is 3.18. The highest BCUT2D eigenvalue weighted by Gasteiger charge is 2.32. The van der Waals surface area contributed by atoms with E-state index >= 15 is 0 Å². The van der Waals surface area contributed by atoms with Crippen LogP contribution in [0.4, 0.5) is 10.2 Å². The number of hydrogen-bond acceptors (Lipinski definition) is 5. The fourth-order valence-electron chi connectivity index (χ4n) is 2.28. The lowest BCUT2D eigenvalue weighted by Gasteiger charge is -2.14. The van der Waals surface area contributed by atoms with E-state index in [-0.39, 0.29) is 26.2 Å². The maximum atomic E-state index is 13.3. The molecule has 0 radical (unpaired) electrons. The predicted octanol–water partition coefficient (Wildman–Crippen LogP) is 0.753. The molecule has 112 valence electrons. The van der Waals surface area contributed by atoms with E-state index in [1.165, 1.54) is 0 Å². The van der Waals surface area contributed by atoms with E-state index in [1.54, 1.807) is 22.6 Å². The van der Waals surface area contributed by atoms with Gasteiger partial charge in [-0.05, 0) is 28.7 Å². The van der Waals surface area contributed by atoms with Crippen LogP contribution in [0.15, 0.2) is 23.0 Å². The van der Waals surface area contributed by atoms with Crippen LogP contribution in [0.25, 0.3) is 5.69 Å². The lowest BCUT2D eigenvalue weighted by atomic mass is 10.1. The third kappa shape index (κ3) is 1.96. The Kier molecular flexibility index (Phi) is 3.16. The smallest absolute Gasteiger partial charge is 0.262 e. The average Bonchev–Trinajstić information content (AvgIpc) is 2.67. The largest absolute Gasteiger partial charge is 0.506 e. The van der Waals surface area contributed by atoms with Gasteiger partial charge in [0, 0.05) is 15.7 Å². The molecule has 7 nitrogen and oxygen atoms in total. The summed E-state index contributed by atoms with van der Waals surface area (Å²) in [6.07, 6.45) is 0. The molecule has 1 aliphatic rings. The lowest BCUT2D eigenvalue weighted by molar-refractivity contribution is 0.0880. The number of imide groups is 1. The molecule has 0 atom stereocenters. The number of amides is 2. The van der Waals surface area contributed by atoms with Gasteiger partial charge in [0.1, 0.15) is 23.1 Å². The number of anilines is 1. The Morgan fingerprint density at radius 3 is 2.50 bits per heavy atom. The Hall–Kier alpha value is -2.43. The molecule has 0 bridgehead atoms. The monoisotopic (exact) mass is 415 g/mol. The molecule has 0 fully saturated rings. The number of benzene rings is 1. The number of pyridine rings is 1. The van der Waals surface area contributed by atoms with Crippen molar-refractivity contribution in [1.82, 2.24) is 9.88 Å². The zero-order valence-electron chi connectivity index (χ0n) is 10.7. The van der Waals surface area contributed by atoms with Crippen molar-refractivity contribution >= 4 is 40.2 Å². The number of carbonyl (C=O) groups is 2. The van der Waals surface area contributed by atoms with Crippen LogP contribution in [-0.4, -0.2) is 21.5 Å². The van der Waals surface area contributed by atoms with Gasteiger partial charge in [0.25, 0.3) is 17.4 Å². The molecule has 0 aliphatic carbocycles. The number of aromatic hydroxyl groups is 1. The molecule has 0 saturated heterocycles. The third-order valence-corrected chi connectivity index (χ3v) is 4.01. The first-order chi connectivity index (χ1) is 10.3. The zero-order valence-corrected chi connectivity index (χ0v) is 12.8. The topological polar surface area (TPSA) is 114 Å². The molecule has 0 spiro atoms. The molecule has 1 aromatic carbocycles. The summed E-state index contributed by atoms with van der Waals surface area (Å²) in [5.74, 6) is -2.95. The number of halogens is 2. The molecule has 3 rings (SSSR count). The molecule has 1 aliphatic heterocycles. The number of nitrogens with one attached hydrogen (secondary N) is 1. The van der Waals surface area contributed by atoms with Gasteiger partial charge < -0.3 is 10.8 Å². The number of fused-ring (bicyclic) bond motifs is 1. The first-order valence-electron chi connectivity index (χ1n) is 5.91. The van der Waals surface area contributed by atoms with Crippen LogP contribution >= 0.6 is 22.6 Å². The van der Waals surface area contributed by atoms with Crippen LogP contribution < -0.4 is 16.6 Å². The average molecular weight is 415 g/mol. The summed E-state index contributed by atoms with van der Waals surface area (Å²) >= 11 is 1.72. The quantitative estimate of drug-likeness (QED) is 0.470. The Balaban J connectivity index is 2.40. The van der Waals surface area contributed by atoms with E-state index < -0.39 is 28.9 Å². The van der Waals surface area contributed by atoms with E-state index in [4.69, 9.17) is 5.73 Å². The number of nitrogens with zero attached hydrogens (tertiary/aromatic N) is 1. The second kappa shape index (κ2) is 4.80. The second-order valence-corrected chi connectivity index (χ2v) is 5.69. The SMILES string of the molecule is Nc1c2c(cc(=O)n1-c1c(O)cc(F)cc1I)C(=O)NC2=O. The predicted molar refractivity (Wildman–Crippen MR) is 82.6 cm³/mol. The molecule has 1 aromatic heterocycles. The number of hydrogen-bond donors (Lipinski definition) is 3. The van der Waals surface area contributed by atoms with Crippen LogP contribution in [0, 0.1) is 9.39 Å². The van der Waals surface area contributed by atoms with E-state index in [0.717, 1.165) is 22.8 Å². The van der Waals surface area contributed by atoms with Gasteiger partial charge in [-0.15, -0.1) is 0 Å². The molecule has 4 N–H and O–H groups in total. The Morgan fingerprint density at radius 1 is 1.18 bits per heavy atom. The number of aromatic nitrogens is 1. The van der Waals surface area contributed by atoms with Crippen molar-refractivity contribution in [1.29, 1.82) is 0 Å². The van der Waals surface area contributed by atoms with Gasteiger partial charge in [0.2, 0.25) is 0 Å². The maximum absolute atomic E-state index is 13.3. The lowest BCUT2D eigenvalue weighted by Crippen LogP contribution is -2.24. The highest BCUT2D eigenvalue weighted by atomic mass is 127. The van der Waals surface area contributed by atoms with Crippen molar-refractivity contribution in [3.05, 3.63) is 49.1 Å². The standard InChI is InChI=1S/C13H7FIN3O4/c14-4-1-6(15)10(7(19)2-4)18-8(20)3-5-9(11(18)16)13(22)17-12(5)21/h1-3,19H,16H2,(H,17,21,22). The van der Waals surface area contributed by atoms with Crippen LogP contribution in [0.3, 0.4) is 0 Å². The van der Waals surface area contributed by atoms with Crippen molar-refractivity contribution in [2.45, 2.75) is 0 Å². The van der Waals surface area contributed by atoms with Gasteiger partial charge in [0.15, 0.2) is 0 Å². The van der Waals surface area contributed by atoms with E-state index in [9.17, 15) is 23.9 Å². The highest BCUT2D eigenvalue weighted by molar-refractivity contribution is 14.1. The van der Waals surface area contributed by atoms with E-state index in [0.29, 0.717) is 0 Å². The van der Waals surface area contributed by atoms with E-state index in [2.05, 4.69) is 0 Å². The van der Waals surface area contributed by atoms with Gasteiger partial charge in [-0.25, -0.2) is 4.39 Å². The molecule has 9 heteroatoms. The van der Waals surface area contributed by atoms with Crippen molar-refractivity contribution in [2.24, 2.45) is 0 Å². The summed E-state index contributed by atoms with van der Waals surface area (Å²) < 4.78 is 14.4. The summed E-state index contributed by atoms with van der Waals surface area (Å²) in [5.41, 5.74) is 4.79. The molecule has 2 aromatic rings. The maximum Gasteiger partial charge on any atom is 0.262 e. The number of rotatable bonds is 1. The van der Waals surface area contributed by atoms with Gasteiger partial charge in [-0.1, -0.05) is 0 Å². The number of carbonyl (C=O) groups excluding carboxylic acids is 2. The minimum Gasteiger partial charge on any atom is -0.506 e. The number of phenolic OH excluding ortho intramolecular Hbond substituents is 1. The molecular formula is C13H7FIN3O4. The zero-order chi connectivity index (χ0) is 16.2. The second-order valence-electron chi connectivity index (χ2n) is 4.53. The Labute approximate surface area is 135 Å². The van der Waals surface area contributed by atoms with Gasteiger partial charge in [0.05, 0.1) is 11.1 Å². The summed E-state index contributed by atoms with van der Waals surface area (Å²) in [6.45, 7) is 0. The molecule has 2 amide bonds. The Morgan fingerprint density at radius 2 is 1.86 bits per heavy atom. The van der Waals surface area contributed by atoms with Crippen LogP contribution in [-0.2, 0) is 0 Å². The van der Waals surface area contributed by atoms with E-state index in [1.807, 2.05) is 5.32 Å². The number of nitrogen functional groups attached to an aromatic ring is 1. The van der Waals surface area contributed by atoms with Crippen molar-refractivity contribution in [3.8, 4) is 11.4 Å². The summed E-state index contributed by atoms with van der Waals surface area (Å²) in [5, 5.41) is 11.9. The van der Waals surface area contributed by atoms with Crippen LogP contribution in [0.5, 0.6) is 5.75 Å². The van der Waals surface area contributed by atoms with Crippen molar-refractivity contribution in [3.63, 3.8) is 0 Å². The van der Waals surface area contributed by atoms with Crippen LogP contribution in [0.1, 0.15) is 20.7 Å². The molecule has 0 saturated carbocycles. The molecule has 22 heavy (non-hydrogen) atoms. The first-order valence-corrected chi connectivity index (χ1v) is 6.98. The fraction of sp³-hybridized carbons (Fsp3) is 0. The van der Waals surface area contributed by atoms with Gasteiger partial charge in [-0.3, -0.25) is 24.3 Å². The van der Waals surface area contributed by atoms with Crippen molar-refractivity contribution in [2.75, 3.05) is 5.73 Å². The highest BCUT2D eigenvalue weighted by Crippen LogP contribution is 2.31. The number of nitrogens with two attached hydrogens (primary N) is 1. The van der Waals surface area contributed by atoms with Crippen molar-refractivity contribution < 1.29 is 19.1 Å². The fourth-order valence-corrected chi connectivity index (χ4v) is 3.10. The minimum absolute atomic E-state index is 0.0561. The van der Waals surface area contributed by atoms with Crippen LogP contribution in [0.2, 0.25) is 0 Å². The molecular weight excluding hydrogens is 408 g/mol. The molecule has 0 unspecified atom stereocenters.